The Morgan fingerprint density at radius 2 is 1.72 bits per heavy atom. The van der Waals surface area contributed by atoms with Crippen LogP contribution in [-0.4, -0.2) is 44.3 Å². The Labute approximate surface area is 169 Å². The van der Waals surface area contributed by atoms with Gasteiger partial charge in [0.2, 0.25) is 0 Å². The number of carbonyl (C=O) groups is 2. The van der Waals surface area contributed by atoms with Crippen LogP contribution in [0, 0.1) is 0 Å². The minimum Gasteiger partial charge on any atom is -0.497 e. The third-order valence-electron chi connectivity index (χ3n) is 4.75. The predicted octanol–water partition coefficient (Wildman–Crippen LogP) is 3.29. The second-order valence-electron chi connectivity index (χ2n) is 6.51. The minimum atomic E-state index is -0.604. The first-order chi connectivity index (χ1) is 14.0. The number of esters is 1. The molecule has 0 bridgehead atoms. The highest BCUT2D eigenvalue weighted by atomic mass is 16.6. The van der Waals surface area contributed by atoms with Crippen molar-refractivity contribution >= 4 is 12.0 Å². The summed E-state index contributed by atoms with van der Waals surface area (Å²) in [4.78, 5) is 26.5. The lowest BCUT2D eigenvalue weighted by Crippen LogP contribution is -2.46. The molecule has 0 spiro atoms. The zero-order valence-corrected chi connectivity index (χ0v) is 16.7. The zero-order valence-electron chi connectivity index (χ0n) is 16.7. The number of allylic oxidation sites excluding steroid dienone is 1. The minimum absolute atomic E-state index is 0.0947. The number of amides is 2. The average Bonchev–Trinajstić information content (AvgIpc) is 2.75. The monoisotopic (exact) mass is 396 g/mol. The SMILES string of the molecule is COc1ccc(C2NC(=O)N(C)C(C)=C2C(=O)OCCOc2ccccc2)cc1. The van der Waals surface area contributed by atoms with E-state index in [1.165, 1.54) is 4.90 Å². The molecule has 1 aliphatic heterocycles. The Kier molecular flexibility index (Phi) is 6.39. The van der Waals surface area contributed by atoms with Gasteiger partial charge in [0.15, 0.2) is 0 Å². The first kappa shape index (κ1) is 20.3. The van der Waals surface area contributed by atoms with Gasteiger partial charge >= 0.3 is 12.0 Å². The van der Waals surface area contributed by atoms with E-state index >= 15 is 0 Å². The van der Waals surface area contributed by atoms with Crippen molar-refractivity contribution in [3.8, 4) is 11.5 Å². The Bertz CT molecular complexity index is 893. The van der Waals surface area contributed by atoms with Crippen LogP contribution in [0.25, 0.3) is 0 Å². The average molecular weight is 396 g/mol. The van der Waals surface area contributed by atoms with Gasteiger partial charge in [-0.15, -0.1) is 0 Å². The van der Waals surface area contributed by atoms with Crippen molar-refractivity contribution in [2.75, 3.05) is 27.4 Å². The number of para-hydroxylation sites is 1. The van der Waals surface area contributed by atoms with Crippen molar-refractivity contribution in [2.45, 2.75) is 13.0 Å². The van der Waals surface area contributed by atoms with Crippen molar-refractivity contribution in [3.63, 3.8) is 0 Å². The molecule has 152 valence electrons. The van der Waals surface area contributed by atoms with Crippen molar-refractivity contribution < 1.29 is 23.8 Å². The van der Waals surface area contributed by atoms with Crippen molar-refractivity contribution in [1.29, 1.82) is 0 Å². The highest BCUT2D eigenvalue weighted by molar-refractivity contribution is 5.95. The summed E-state index contributed by atoms with van der Waals surface area (Å²) in [5, 5.41) is 2.85. The smallest absolute Gasteiger partial charge is 0.338 e. The normalized spacial score (nSPS) is 16.3. The summed E-state index contributed by atoms with van der Waals surface area (Å²) in [6.07, 6.45) is 0. The number of hydrogen-bond acceptors (Lipinski definition) is 5. The predicted molar refractivity (Wildman–Crippen MR) is 108 cm³/mol. The van der Waals surface area contributed by atoms with Gasteiger partial charge in [-0.2, -0.15) is 0 Å². The number of benzene rings is 2. The van der Waals surface area contributed by atoms with Crippen LogP contribution in [-0.2, 0) is 9.53 Å². The molecule has 0 saturated heterocycles. The molecule has 0 aromatic heterocycles. The van der Waals surface area contributed by atoms with Gasteiger partial charge in [-0.1, -0.05) is 30.3 Å². The van der Waals surface area contributed by atoms with Crippen molar-refractivity contribution in [3.05, 3.63) is 71.4 Å². The molecular weight excluding hydrogens is 372 g/mol. The lowest BCUT2D eigenvalue weighted by Gasteiger charge is -2.33. The third-order valence-corrected chi connectivity index (χ3v) is 4.75. The van der Waals surface area contributed by atoms with E-state index in [1.54, 1.807) is 33.2 Å². The van der Waals surface area contributed by atoms with E-state index in [2.05, 4.69) is 5.32 Å². The number of hydrogen-bond donors (Lipinski definition) is 1. The van der Waals surface area contributed by atoms with Crippen LogP contribution in [0.3, 0.4) is 0 Å². The van der Waals surface area contributed by atoms with E-state index in [-0.39, 0.29) is 19.2 Å². The fraction of sp³-hybridized carbons (Fsp3) is 0.273. The number of rotatable bonds is 7. The van der Waals surface area contributed by atoms with Gasteiger partial charge in [0, 0.05) is 12.7 Å². The summed E-state index contributed by atoms with van der Waals surface area (Å²) in [6, 6.07) is 15.6. The van der Waals surface area contributed by atoms with Crippen LogP contribution in [0.5, 0.6) is 11.5 Å². The molecule has 1 atom stereocenters. The number of ether oxygens (including phenoxy) is 3. The molecule has 3 rings (SSSR count). The first-order valence-corrected chi connectivity index (χ1v) is 9.25. The van der Waals surface area contributed by atoms with Crippen LogP contribution in [0.1, 0.15) is 18.5 Å². The number of urea groups is 1. The number of nitrogens with zero attached hydrogens (tertiary/aromatic N) is 1. The van der Waals surface area contributed by atoms with E-state index in [0.717, 1.165) is 5.56 Å². The summed E-state index contributed by atoms with van der Waals surface area (Å²) in [5.41, 5.74) is 1.69. The highest BCUT2D eigenvalue weighted by Gasteiger charge is 2.35. The standard InChI is InChI=1S/C22H24N2O5/c1-15-19(21(25)29-14-13-28-18-7-5-4-6-8-18)20(23-22(26)24(15)2)16-9-11-17(27-3)12-10-16/h4-12,20H,13-14H2,1-3H3,(H,23,26). The van der Waals surface area contributed by atoms with Crippen LogP contribution in [0.2, 0.25) is 0 Å². The number of carbonyl (C=O) groups excluding carboxylic acids is 2. The van der Waals surface area contributed by atoms with Crippen LogP contribution in [0.4, 0.5) is 4.79 Å². The van der Waals surface area contributed by atoms with Crippen LogP contribution >= 0.6 is 0 Å². The maximum Gasteiger partial charge on any atom is 0.338 e. The molecule has 1 aliphatic rings. The van der Waals surface area contributed by atoms with E-state index in [0.29, 0.717) is 22.8 Å². The molecule has 2 amide bonds. The zero-order chi connectivity index (χ0) is 20.8. The largest absolute Gasteiger partial charge is 0.497 e. The maximum absolute atomic E-state index is 12.8. The summed E-state index contributed by atoms with van der Waals surface area (Å²) >= 11 is 0. The molecule has 0 radical (unpaired) electrons. The molecule has 2 aromatic carbocycles. The Morgan fingerprint density at radius 1 is 1.03 bits per heavy atom. The summed E-state index contributed by atoms with van der Waals surface area (Å²) < 4.78 is 16.2. The highest BCUT2D eigenvalue weighted by Crippen LogP contribution is 2.31. The van der Waals surface area contributed by atoms with Gasteiger partial charge in [0.05, 0.1) is 18.7 Å². The van der Waals surface area contributed by atoms with Crippen LogP contribution in [0.15, 0.2) is 65.9 Å². The van der Waals surface area contributed by atoms with Gasteiger partial charge in [0.25, 0.3) is 0 Å². The van der Waals surface area contributed by atoms with E-state index < -0.39 is 12.0 Å². The fourth-order valence-electron chi connectivity index (χ4n) is 3.03. The van der Waals surface area contributed by atoms with E-state index in [4.69, 9.17) is 14.2 Å². The Balaban J connectivity index is 1.72. The molecule has 0 saturated carbocycles. The van der Waals surface area contributed by atoms with Gasteiger partial charge in [-0.05, 0) is 36.8 Å². The number of nitrogens with one attached hydrogen (secondary N) is 1. The lowest BCUT2D eigenvalue weighted by molar-refractivity contribution is -0.140. The molecule has 1 unspecified atom stereocenters. The number of methoxy groups -OCH3 is 1. The summed E-state index contributed by atoms with van der Waals surface area (Å²) in [7, 11) is 3.19. The van der Waals surface area contributed by atoms with E-state index in [1.807, 2.05) is 42.5 Å². The topological polar surface area (TPSA) is 77.1 Å². The second kappa shape index (κ2) is 9.14. The van der Waals surface area contributed by atoms with Crippen molar-refractivity contribution in [2.24, 2.45) is 0 Å². The summed E-state index contributed by atoms with van der Waals surface area (Å²) in [6.45, 7) is 2.06. The van der Waals surface area contributed by atoms with Gasteiger partial charge < -0.3 is 24.4 Å². The molecule has 0 aliphatic carbocycles. The van der Waals surface area contributed by atoms with Gasteiger partial charge in [-0.25, -0.2) is 9.59 Å². The van der Waals surface area contributed by atoms with E-state index in [9.17, 15) is 9.59 Å². The van der Waals surface area contributed by atoms with Crippen LogP contribution < -0.4 is 14.8 Å². The quantitative estimate of drug-likeness (QED) is 0.574. The molecule has 1 N–H and O–H groups in total. The second-order valence-corrected chi connectivity index (χ2v) is 6.51. The van der Waals surface area contributed by atoms with Gasteiger partial charge in [-0.3, -0.25) is 0 Å². The fourth-order valence-corrected chi connectivity index (χ4v) is 3.03. The maximum atomic E-state index is 12.8. The molecule has 1 heterocycles. The third kappa shape index (κ3) is 4.68. The molecule has 0 fully saturated rings. The molecule has 7 heteroatoms. The van der Waals surface area contributed by atoms with Gasteiger partial charge in [0.1, 0.15) is 24.7 Å². The lowest BCUT2D eigenvalue weighted by atomic mass is 9.95. The first-order valence-electron chi connectivity index (χ1n) is 9.25. The molecule has 2 aromatic rings. The Morgan fingerprint density at radius 3 is 2.38 bits per heavy atom. The molecular formula is C22H24N2O5. The summed E-state index contributed by atoms with van der Waals surface area (Å²) in [5.74, 6) is 0.905. The van der Waals surface area contributed by atoms with Crippen molar-refractivity contribution in [1.82, 2.24) is 10.2 Å². The Hall–Kier alpha value is -3.48. The molecule has 29 heavy (non-hydrogen) atoms. The molecule has 7 nitrogen and oxygen atoms in total.